The molecule has 0 bridgehead atoms. The number of rotatable bonds is 7. The molecule has 2 aromatic rings. The third kappa shape index (κ3) is 4.47. The molecular formula is C17H22ClN3O3. The topological polar surface area (TPSA) is 77.1 Å². The number of nitrogens with one attached hydrogen (secondary N) is 1. The molecule has 0 aromatic carbocycles. The van der Waals surface area contributed by atoms with Gasteiger partial charge in [0.05, 0.1) is 17.8 Å². The maximum atomic E-state index is 12.3. The largest absolute Gasteiger partial charge is 0.427 e. The van der Waals surface area contributed by atoms with Gasteiger partial charge in [0.2, 0.25) is 0 Å². The van der Waals surface area contributed by atoms with E-state index >= 15 is 0 Å². The third-order valence-corrected chi connectivity index (χ3v) is 4.03. The second-order valence-electron chi connectivity index (χ2n) is 5.86. The molecule has 1 amide bonds. The van der Waals surface area contributed by atoms with Crippen molar-refractivity contribution in [3.63, 3.8) is 0 Å². The van der Waals surface area contributed by atoms with Gasteiger partial charge in [0, 0.05) is 18.7 Å². The van der Waals surface area contributed by atoms with Crippen LogP contribution in [0.25, 0.3) is 0 Å². The van der Waals surface area contributed by atoms with E-state index in [-0.39, 0.29) is 11.5 Å². The maximum absolute atomic E-state index is 12.3. The first-order valence-electron chi connectivity index (χ1n) is 8.03. The van der Waals surface area contributed by atoms with Crippen molar-refractivity contribution in [2.75, 3.05) is 6.54 Å². The van der Waals surface area contributed by atoms with Gasteiger partial charge in [-0.3, -0.25) is 9.48 Å². The van der Waals surface area contributed by atoms with Gasteiger partial charge >= 0.3 is 5.63 Å². The Morgan fingerprint density at radius 2 is 2.25 bits per heavy atom. The molecular weight excluding hydrogens is 330 g/mol. The van der Waals surface area contributed by atoms with Crippen molar-refractivity contribution in [2.24, 2.45) is 0 Å². The van der Waals surface area contributed by atoms with Crippen molar-refractivity contribution < 1.29 is 9.21 Å². The molecule has 0 fully saturated rings. The van der Waals surface area contributed by atoms with Gasteiger partial charge in [-0.15, -0.1) is 0 Å². The van der Waals surface area contributed by atoms with E-state index in [1.54, 1.807) is 23.9 Å². The van der Waals surface area contributed by atoms with E-state index in [1.807, 2.05) is 6.92 Å². The molecule has 0 spiro atoms. The summed E-state index contributed by atoms with van der Waals surface area (Å²) >= 11 is 5.78. The SMILES string of the molecule is CCCC(C)c1cc(C)c(C(=O)NCCn2cc(Cl)cn2)c(=O)o1. The van der Waals surface area contributed by atoms with Crippen LogP contribution in [0, 0.1) is 6.92 Å². The normalized spacial score (nSPS) is 12.2. The Bertz CT molecular complexity index is 767. The molecule has 1 N–H and O–H groups in total. The molecule has 2 aromatic heterocycles. The fourth-order valence-electron chi connectivity index (χ4n) is 2.56. The van der Waals surface area contributed by atoms with Crippen LogP contribution in [0.1, 0.15) is 54.3 Å². The average molecular weight is 352 g/mol. The van der Waals surface area contributed by atoms with E-state index < -0.39 is 11.5 Å². The van der Waals surface area contributed by atoms with Crippen LogP contribution in [-0.4, -0.2) is 22.2 Å². The van der Waals surface area contributed by atoms with E-state index in [0.717, 1.165) is 12.8 Å². The number of nitrogens with zero attached hydrogens (tertiary/aromatic N) is 2. The Labute approximate surface area is 145 Å². The fourth-order valence-corrected chi connectivity index (χ4v) is 2.71. The summed E-state index contributed by atoms with van der Waals surface area (Å²) in [6.45, 7) is 6.64. The number of carbonyl (C=O) groups is 1. The minimum absolute atomic E-state index is 0.0564. The Balaban J connectivity index is 2.04. The molecule has 1 unspecified atom stereocenters. The Kier molecular flexibility index (Phi) is 6.20. The van der Waals surface area contributed by atoms with Crippen LogP contribution in [0.2, 0.25) is 5.02 Å². The zero-order valence-electron chi connectivity index (χ0n) is 14.1. The van der Waals surface area contributed by atoms with Gasteiger partial charge in [-0.1, -0.05) is 31.9 Å². The first-order chi connectivity index (χ1) is 11.4. The average Bonchev–Trinajstić information content (AvgIpc) is 2.92. The van der Waals surface area contributed by atoms with Gasteiger partial charge in [-0.25, -0.2) is 4.79 Å². The van der Waals surface area contributed by atoms with Gasteiger partial charge in [-0.2, -0.15) is 5.10 Å². The number of amides is 1. The Hall–Kier alpha value is -2.08. The van der Waals surface area contributed by atoms with E-state index in [4.69, 9.17) is 16.0 Å². The first kappa shape index (κ1) is 18.3. The second-order valence-corrected chi connectivity index (χ2v) is 6.30. The molecule has 6 nitrogen and oxygen atoms in total. The van der Waals surface area contributed by atoms with Gasteiger partial charge in [0.25, 0.3) is 5.91 Å². The number of aromatic nitrogens is 2. The van der Waals surface area contributed by atoms with E-state index in [2.05, 4.69) is 17.3 Å². The molecule has 0 saturated carbocycles. The van der Waals surface area contributed by atoms with Crippen LogP contribution in [0.15, 0.2) is 27.7 Å². The summed E-state index contributed by atoms with van der Waals surface area (Å²) in [6.07, 6.45) is 5.12. The summed E-state index contributed by atoms with van der Waals surface area (Å²) in [6, 6.07) is 1.78. The lowest BCUT2D eigenvalue weighted by Crippen LogP contribution is -2.32. The quantitative estimate of drug-likeness (QED) is 0.831. The van der Waals surface area contributed by atoms with Crippen LogP contribution in [0.4, 0.5) is 0 Å². The van der Waals surface area contributed by atoms with Crippen LogP contribution in [0.5, 0.6) is 0 Å². The van der Waals surface area contributed by atoms with Gasteiger partial charge in [0.15, 0.2) is 0 Å². The maximum Gasteiger partial charge on any atom is 0.349 e. The summed E-state index contributed by atoms with van der Waals surface area (Å²) in [4.78, 5) is 24.4. The number of halogens is 1. The lowest BCUT2D eigenvalue weighted by atomic mass is 10.0. The smallest absolute Gasteiger partial charge is 0.349 e. The molecule has 2 heterocycles. The molecule has 0 radical (unpaired) electrons. The van der Waals surface area contributed by atoms with Crippen molar-refractivity contribution in [3.05, 3.63) is 50.8 Å². The van der Waals surface area contributed by atoms with Crippen molar-refractivity contribution in [1.82, 2.24) is 15.1 Å². The second kappa shape index (κ2) is 8.15. The van der Waals surface area contributed by atoms with E-state index in [1.165, 1.54) is 6.20 Å². The van der Waals surface area contributed by atoms with Crippen molar-refractivity contribution in [2.45, 2.75) is 46.1 Å². The highest BCUT2D eigenvalue weighted by molar-refractivity contribution is 6.30. The van der Waals surface area contributed by atoms with Gasteiger partial charge in [-0.05, 0) is 25.0 Å². The number of carbonyl (C=O) groups excluding carboxylic acids is 1. The van der Waals surface area contributed by atoms with Crippen molar-refractivity contribution >= 4 is 17.5 Å². The van der Waals surface area contributed by atoms with Crippen LogP contribution in [-0.2, 0) is 6.54 Å². The van der Waals surface area contributed by atoms with Crippen molar-refractivity contribution in [3.8, 4) is 0 Å². The lowest BCUT2D eigenvalue weighted by Gasteiger charge is -2.12. The highest BCUT2D eigenvalue weighted by Gasteiger charge is 2.18. The highest BCUT2D eigenvalue weighted by atomic mass is 35.5. The molecule has 24 heavy (non-hydrogen) atoms. The summed E-state index contributed by atoms with van der Waals surface area (Å²) in [5, 5.41) is 7.27. The highest BCUT2D eigenvalue weighted by Crippen LogP contribution is 2.21. The Morgan fingerprint density at radius 1 is 1.50 bits per heavy atom. The molecule has 0 aliphatic carbocycles. The predicted molar refractivity (Wildman–Crippen MR) is 92.6 cm³/mol. The summed E-state index contributed by atoms with van der Waals surface area (Å²) < 4.78 is 6.96. The summed E-state index contributed by atoms with van der Waals surface area (Å²) in [5.74, 6) is 0.347. The zero-order chi connectivity index (χ0) is 17.7. The molecule has 1 atom stereocenters. The predicted octanol–water partition coefficient (Wildman–Crippen LogP) is 3.13. The molecule has 0 aliphatic heterocycles. The molecule has 0 saturated heterocycles. The zero-order valence-corrected chi connectivity index (χ0v) is 14.9. The molecule has 2 rings (SSSR count). The van der Waals surface area contributed by atoms with E-state index in [9.17, 15) is 9.59 Å². The lowest BCUT2D eigenvalue weighted by molar-refractivity contribution is 0.0946. The van der Waals surface area contributed by atoms with Crippen LogP contribution in [0.3, 0.4) is 0 Å². The molecule has 0 aliphatic rings. The summed E-state index contributed by atoms with van der Waals surface area (Å²) in [7, 11) is 0. The number of hydrogen-bond donors (Lipinski definition) is 1. The number of aryl methyl sites for hydroxylation is 1. The fraction of sp³-hybridized carbons (Fsp3) is 0.471. The molecule has 7 heteroatoms. The minimum atomic E-state index is -0.590. The minimum Gasteiger partial charge on any atom is -0.427 e. The van der Waals surface area contributed by atoms with Gasteiger partial charge < -0.3 is 9.73 Å². The van der Waals surface area contributed by atoms with Crippen LogP contribution >= 0.6 is 11.6 Å². The third-order valence-electron chi connectivity index (χ3n) is 3.83. The summed E-state index contributed by atoms with van der Waals surface area (Å²) in [5.41, 5.74) is 0.0948. The number of hydrogen-bond acceptors (Lipinski definition) is 4. The molecule has 130 valence electrons. The Morgan fingerprint density at radius 3 is 2.83 bits per heavy atom. The first-order valence-corrected chi connectivity index (χ1v) is 8.41. The monoisotopic (exact) mass is 351 g/mol. The van der Waals surface area contributed by atoms with E-state index in [0.29, 0.717) is 29.4 Å². The standard InChI is InChI=1S/C17H22ClN3O3/c1-4-5-11(2)14-8-12(3)15(17(23)24-14)16(22)19-6-7-21-10-13(18)9-20-21/h8-11H,4-7H2,1-3H3,(H,19,22). The van der Waals surface area contributed by atoms with Crippen LogP contribution < -0.4 is 10.9 Å². The van der Waals surface area contributed by atoms with Gasteiger partial charge in [0.1, 0.15) is 11.3 Å². The van der Waals surface area contributed by atoms with Crippen molar-refractivity contribution in [1.29, 1.82) is 0 Å².